The Hall–Kier alpha value is -2.34. The van der Waals surface area contributed by atoms with Gasteiger partial charge in [-0.2, -0.15) is 0 Å². The van der Waals surface area contributed by atoms with E-state index < -0.39 is 10.9 Å². The van der Waals surface area contributed by atoms with E-state index in [1.165, 1.54) is 23.9 Å². The van der Waals surface area contributed by atoms with Gasteiger partial charge in [-0.25, -0.2) is 4.79 Å². The van der Waals surface area contributed by atoms with Crippen molar-refractivity contribution in [3.8, 4) is 0 Å². The van der Waals surface area contributed by atoms with Crippen molar-refractivity contribution in [1.82, 2.24) is 0 Å². The van der Waals surface area contributed by atoms with Crippen LogP contribution in [0.5, 0.6) is 0 Å². The predicted molar refractivity (Wildman–Crippen MR) is 80.1 cm³/mol. The van der Waals surface area contributed by atoms with Crippen LogP contribution in [0.2, 0.25) is 0 Å². The number of hydrogen-bond donors (Lipinski definition) is 1. The van der Waals surface area contributed by atoms with Crippen LogP contribution in [0.3, 0.4) is 0 Å². The first-order chi connectivity index (χ1) is 9.88. The third-order valence-electron chi connectivity index (χ3n) is 2.97. The van der Waals surface area contributed by atoms with Gasteiger partial charge in [0.05, 0.1) is 10.5 Å². The standard InChI is InChI=1S/C15H13NO4S/c1-9-3-4-10(2)14(7-9)21-13-6-5-11(16(19)20)8-12(13)15(17)18/h3-8H,1-2H3,(H,17,18). The molecule has 108 valence electrons. The smallest absolute Gasteiger partial charge is 0.337 e. The van der Waals surface area contributed by atoms with Gasteiger partial charge in [0.1, 0.15) is 0 Å². The summed E-state index contributed by atoms with van der Waals surface area (Å²) in [5.41, 5.74) is 1.81. The molecule has 0 aliphatic heterocycles. The number of non-ortho nitro benzene ring substituents is 1. The Labute approximate surface area is 125 Å². The number of aryl methyl sites for hydroxylation is 2. The molecule has 0 unspecified atom stereocenters. The highest BCUT2D eigenvalue weighted by Gasteiger charge is 2.17. The Balaban J connectivity index is 2.46. The Morgan fingerprint density at radius 1 is 1.14 bits per heavy atom. The predicted octanol–water partition coefficient (Wildman–Crippen LogP) is 4.06. The first-order valence-electron chi connectivity index (χ1n) is 6.15. The number of carboxylic acids is 1. The van der Waals surface area contributed by atoms with Gasteiger partial charge in [0.15, 0.2) is 0 Å². The molecule has 0 atom stereocenters. The van der Waals surface area contributed by atoms with Crippen molar-refractivity contribution in [3.05, 3.63) is 63.2 Å². The number of rotatable bonds is 4. The summed E-state index contributed by atoms with van der Waals surface area (Å²) in [7, 11) is 0. The zero-order valence-electron chi connectivity index (χ0n) is 11.5. The lowest BCUT2D eigenvalue weighted by Gasteiger charge is -2.09. The van der Waals surface area contributed by atoms with Crippen molar-refractivity contribution < 1.29 is 14.8 Å². The topological polar surface area (TPSA) is 80.4 Å². The second-order valence-electron chi connectivity index (χ2n) is 4.61. The van der Waals surface area contributed by atoms with E-state index in [1.807, 2.05) is 32.0 Å². The van der Waals surface area contributed by atoms with Gasteiger partial charge in [-0.3, -0.25) is 10.1 Å². The molecule has 0 aromatic heterocycles. The fraction of sp³-hybridized carbons (Fsp3) is 0.133. The van der Waals surface area contributed by atoms with E-state index in [2.05, 4.69) is 0 Å². The third-order valence-corrected chi connectivity index (χ3v) is 4.20. The Morgan fingerprint density at radius 3 is 2.48 bits per heavy atom. The molecule has 21 heavy (non-hydrogen) atoms. The number of carboxylic acid groups (broad SMARTS) is 1. The second kappa shape index (κ2) is 5.97. The summed E-state index contributed by atoms with van der Waals surface area (Å²) in [6.45, 7) is 3.89. The summed E-state index contributed by atoms with van der Waals surface area (Å²) in [4.78, 5) is 22.9. The maximum absolute atomic E-state index is 11.3. The molecule has 2 aromatic carbocycles. The molecule has 0 bridgehead atoms. The first kappa shape index (κ1) is 15.1. The van der Waals surface area contributed by atoms with Crippen molar-refractivity contribution in [2.75, 3.05) is 0 Å². The van der Waals surface area contributed by atoms with E-state index in [0.717, 1.165) is 22.1 Å². The van der Waals surface area contributed by atoms with Gasteiger partial charge < -0.3 is 5.11 Å². The summed E-state index contributed by atoms with van der Waals surface area (Å²) >= 11 is 1.30. The molecule has 0 amide bonds. The summed E-state index contributed by atoms with van der Waals surface area (Å²) in [6, 6.07) is 9.80. The zero-order chi connectivity index (χ0) is 15.6. The molecule has 1 N–H and O–H groups in total. The summed E-state index contributed by atoms with van der Waals surface area (Å²) in [6.07, 6.45) is 0. The van der Waals surface area contributed by atoms with E-state index in [0.29, 0.717) is 4.90 Å². The van der Waals surface area contributed by atoms with Crippen molar-refractivity contribution in [3.63, 3.8) is 0 Å². The van der Waals surface area contributed by atoms with Crippen LogP contribution >= 0.6 is 11.8 Å². The fourth-order valence-electron chi connectivity index (χ4n) is 1.82. The maximum Gasteiger partial charge on any atom is 0.337 e. The van der Waals surface area contributed by atoms with Crippen LogP contribution in [0, 0.1) is 24.0 Å². The quantitative estimate of drug-likeness (QED) is 0.680. The summed E-state index contributed by atoms with van der Waals surface area (Å²) in [5.74, 6) is -1.17. The molecular weight excluding hydrogens is 290 g/mol. The van der Waals surface area contributed by atoms with Crippen LogP contribution in [0.1, 0.15) is 21.5 Å². The molecule has 0 spiro atoms. The van der Waals surface area contributed by atoms with Crippen LogP contribution in [0.25, 0.3) is 0 Å². The van der Waals surface area contributed by atoms with Crippen LogP contribution < -0.4 is 0 Å². The monoisotopic (exact) mass is 303 g/mol. The molecule has 0 fully saturated rings. The number of hydrogen-bond acceptors (Lipinski definition) is 4. The minimum absolute atomic E-state index is 0.0601. The minimum Gasteiger partial charge on any atom is -0.478 e. The zero-order valence-corrected chi connectivity index (χ0v) is 12.3. The molecule has 0 saturated heterocycles. The van der Waals surface area contributed by atoms with Gasteiger partial charge in [-0.15, -0.1) is 0 Å². The largest absolute Gasteiger partial charge is 0.478 e. The van der Waals surface area contributed by atoms with E-state index in [-0.39, 0.29) is 11.3 Å². The van der Waals surface area contributed by atoms with Crippen molar-refractivity contribution in [2.45, 2.75) is 23.6 Å². The second-order valence-corrected chi connectivity index (χ2v) is 5.70. The highest BCUT2D eigenvalue weighted by molar-refractivity contribution is 7.99. The van der Waals surface area contributed by atoms with E-state index in [4.69, 9.17) is 0 Å². The SMILES string of the molecule is Cc1ccc(C)c(Sc2ccc([N+](=O)[O-])cc2C(=O)O)c1. The summed E-state index contributed by atoms with van der Waals surface area (Å²) in [5, 5.41) is 20.0. The lowest BCUT2D eigenvalue weighted by molar-refractivity contribution is -0.384. The van der Waals surface area contributed by atoms with Crippen LogP contribution in [-0.2, 0) is 0 Å². The first-order valence-corrected chi connectivity index (χ1v) is 6.97. The Bertz CT molecular complexity index is 728. The number of benzene rings is 2. The number of nitrogens with zero attached hydrogens (tertiary/aromatic N) is 1. The van der Waals surface area contributed by atoms with Crippen LogP contribution in [0.4, 0.5) is 5.69 Å². The van der Waals surface area contributed by atoms with E-state index in [1.54, 1.807) is 0 Å². The molecule has 5 nitrogen and oxygen atoms in total. The van der Waals surface area contributed by atoms with Crippen LogP contribution in [0.15, 0.2) is 46.2 Å². The number of carbonyl (C=O) groups is 1. The number of nitro groups is 1. The van der Waals surface area contributed by atoms with Crippen molar-refractivity contribution >= 4 is 23.4 Å². The molecule has 0 saturated carbocycles. The minimum atomic E-state index is -1.17. The highest BCUT2D eigenvalue weighted by atomic mass is 32.2. The van der Waals surface area contributed by atoms with Gasteiger partial charge >= 0.3 is 5.97 Å². The lowest BCUT2D eigenvalue weighted by Crippen LogP contribution is -2.00. The highest BCUT2D eigenvalue weighted by Crippen LogP contribution is 2.34. The average molecular weight is 303 g/mol. The van der Waals surface area contributed by atoms with Gasteiger partial charge in [0.25, 0.3) is 5.69 Å². The molecular formula is C15H13NO4S. The van der Waals surface area contributed by atoms with Gasteiger partial charge in [-0.1, -0.05) is 23.9 Å². The Kier molecular flexibility index (Phi) is 4.28. The molecule has 0 aliphatic rings. The number of aromatic carboxylic acids is 1. The molecule has 6 heteroatoms. The van der Waals surface area contributed by atoms with Gasteiger partial charge in [0, 0.05) is 21.9 Å². The number of nitro benzene ring substituents is 1. The van der Waals surface area contributed by atoms with Crippen molar-refractivity contribution in [2.24, 2.45) is 0 Å². The maximum atomic E-state index is 11.3. The average Bonchev–Trinajstić information content (AvgIpc) is 2.42. The van der Waals surface area contributed by atoms with Gasteiger partial charge in [-0.05, 0) is 37.1 Å². The molecule has 0 aliphatic carbocycles. The fourth-order valence-corrected chi connectivity index (χ4v) is 2.93. The van der Waals surface area contributed by atoms with Crippen LogP contribution in [-0.4, -0.2) is 16.0 Å². The third kappa shape index (κ3) is 3.41. The lowest BCUT2D eigenvalue weighted by atomic mass is 10.2. The molecule has 2 aromatic rings. The normalized spacial score (nSPS) is 10.4. The van der Waals surface area contributed by atoms with Crippen molar-refractivity contribution in [1.29, 1.82) is 0 Å². The Morgan fingerprint density at radius 2 is 1.86 bits per heavy atom. The molecule has 0 radical (unpaired) electrons. The molecule has 2 rings (SSSR count). The van der Waals surface area contributed by atoms with Gasteiger partial charge in [0.2, 0.25) is 0 Å². The molecule has 0 heterocycles. The van der Waals surface area contributed by atoms with E-state index in [9.17, 15) is 20.0 Å². The summed E-state index contributed by atoms with van der Waals surface area (Å²) < 4.78 is 0. The van der Waals surface area contributed by atoms with E-state index >= 15 is 0 Å².